The Bertz CT molecular complexity index is 628. The van der Waals surface area contributed by atoms with E-state index in [2.05, 4.69) is 4.74 Å². The van der Waals surface area contributed by atoms with Crippen molar-refractivity contribution in [2.45, 2.75) is 18.8 Å². The summed E-state index contributed by atoms with van der Waals surface area (Å²) in [6, 6.07) is 2.53. The van der Waals surface area contributed by atoms with Gasteiger partial charge >= 0.3 is 17.8 Å². The zero-order valence-corrected chi connectivity index (χ0v) is 13.7. The molecule has 1 unspecified atom stereocenters. The number of rotatable bonds is 6. The van der Waals surface area contributed by atoms with E-state index in [1.807, 2.05) is 5.32 Å². The summed E-state index contributed by atoms with van der Waals surface area (Å²) >= 11 is 10.7. The highest BCUT2D eigenvalue weighted by Crippen LogP contribution is 2.34. The maximum absolute atomic E-state index is 13.6. The molecule has 1 atom stereocenters. The van der Waals surface area contributed by atoms with Gasteiger partial charge in [-0.2, -0.15) is 13.2 Å². The predicted octanol–water partition coefficient (Wildman–Crippen LogP) is 3.07. The van der Waals surface area contributed by atoms with E-state index < -0.39 is 40.4 Å². The van der Waals surface area contributed by atoms with Gasteiger partial charge in [0.05, 0.1) is 11.6 Å². The molecule has 2 N–H and O–H groups in total. The molecule has 0 saturated carbocycles. The minimum atomic E-state index is -5.30. The molecule has 0 aliphatic carbocycles. The van der Waals surface area contributed by atoms with Gasteiger partial charge in [0, 0.05) is 5.69 Å². The van der Waals surface area contributed by atoms with Crippen molar-refractivity contribution in [3.63, 3.8) is 0 Å². The van der Waals surface area contributed by atoms with E-state index in [-0.39, 0.29) is 12.3 Å². The van der Waals surface area contributed by atoms with E-state index in [9.17, 15) is 27.2 Å². The summed E-state index contributed by atoms with van der Waals surface area (Å²) in [6.45, 7) is 0.913. The number of halogens is 6. The average molecular weight is 391 g/mol. The summed E-state index contributed by atoms with van der Waals surface area (Å²) in [5.41, 5.74) is -3.99. The number of carbonyl (C=O) groups is 2. The van der Waals surface area contributed by atoms with Gasteiger partial charge in [0.2, 0.25) is 5.91 Å². The first kappa shape index (κ1) is 20.3. The number of ether oxygens (including phenoxy) is 1. The number of nitrogens with one attached hydrogen (secondary N) is 2. The number of hydrogen-bond donors (Lipinski definition) is 2. The molecular weight excluding hydrogens is 379 g/mol. The normalized spacial score (nSPS) is 13.8. The molecule has 24 heavy (non-hydrogen) atoms. The molecule has 0 saturated heterocycles. The molecule has 0 aromatic heterocycles. The molecule has 0 aliphatic heterocycles. The van der Waals surface area contributed by atoms with Crippen LogP contribution < -0.4 is 10.6 Å². The van der Waals surface area contributed by atoms with Crippen molar-refractivity contribution in [3.05, 3.63) is 29.0 Å². The van der Waals surface area contributed by atoms with Crippen LogP contribution in [-0.4, -0.2) is 36.2 Å². The smallest absolute Gasteiger partial charge is 0.441 e. The first-order chi connectivity index (χ1) is 11.1. The van der Waals surface area contributed by atoms with Gasteiger partial charge in [-0.05, 0) is 25.1 Å². The largest absolute Gasteiger partial charge is 0.463 e. The standard InChI is InChI=1S/C13H12Cl2F4N2O3/c1-2-24-11(23)12(13(17,18)19,21-10(22)6-14)20-7-3-4-9(16)8(15)5-7/h3-5,20H,2,6H2,1H3,(H,21,22). The van der Waals surface area contributed by atoms with E-state index in [0.29, 0.717) is 0 Å². The fraction of sp³-hybridized carbons (Fsp3) is 0.385. The highest BCUT2D eigenvalue weighted by Gasteiger charge is 2.63. The van der Waals surface area contributed by atoms with Gasteiger partial charge in [0.1, 0.15) is 11.7 Å². The lowest BCUT2D eigenvalue weighted by Crippen LogP contribution is -2.69. The van der Waals surface area contributed by atoms with Crippen molar-refractivity contribution < 1.29 is 31.9 Å². The highest BCUT2D eigenvalue weighted by atomic mass is 35.5. The van der Waals surface area contributed by atoms with Crippen molar-refractivity contribution in [2.75, 3.05) is 17.8 Å². The van der Waals surface area contributed by atoms with Gasteiger partial charge in [0.15, 0.2) is 0 Å². The Morgan fingerprint density at radius 3 is 2.38 bits per heavy atom. The fourth-order valence-electron chi connectivity index (χ4n) is 1.66. The summed E-state index contributed by atoms with van der Waals surface area (Å²) in [5.74, 6) is -4.79. The number of hydrogen-bond acceptors (Lipinski definition) is 4. The summed E-state index contributed by atoms with van der Waals surface area (Å²) in [5, 5.41) is 2.80. The first-order valence-corrected chi connectivity index (χ1v) is 7.32. The number of benzene rings is 1. The van der Waals surface area contributed by atoms with Crippen LogP contribution in [0.5, 0.6) is 0 Å². The lowest BCUT2D eigenvalue weighted by Gasteiger charge is -2.35. The SMILES string of the molecule is CCOC(=O)C(NC(=O)CCl)(Nc1ccc(F)c(Cl)c1)C(F)(F)F. The third-order valence-electron chi connectivity index (χ3n) is 2.71. The van der Waals surface area contributed by atoms with Gasteiger partial charge in [0.25, 0.3) is 0 Å². The topological polar surface area (TPSA) is 67.4 Å². The Hall–Kier alpha value is -1.74. The third kappa shape index (κ3) is 4.41. The summed E-state index contributed by atoms with van der Waals surface area (Å²) in [7, 11) is 0. The minimum absolute atomic E-state index is 0.373. The molecule has 1 aromatic carbocycles. The average Bonchev–Trinajstić information content (AvgIpc) is 2.49. The molecule has 0 aliphatic rings. The molecule has 0 bridgehead atoms. The van der Waals surface area contributed by atoms with Crippen molar-refractivity contribution in [1.82, 2.24) is 5.32 Å². The number of anilines is 1. The van der Waals surface area contributed by atoms with Crippen LogP contribution in [0, 0.1) is 5.82 Å². The minimum Gasteiger partial charge on any atom is -0.463 e. The molecule has 1 rings (SSSR count). The molecule has 5 nitrogen and oxygen atoms in total. The van der Waals surface area contributed by atoms with Gasteiger partial charge in [-0.3, -0.25) is 4.79 Å². The van der Waals surface area contributed by atoms with Gasteiger partial charge in [-0.25, -0.2) is 9.18 Å². The van der Waals surface area contributed by atoms with E-state index in [0.717, 1.165) is 18.2 Å². The molecule has 0 fully saturated rings. The Morgan fingerprint density at radius 2 is 1.92 bits per heavy atom. The summed E-state index contributed by atoms with van der Waals surface area (Å²) in [4.78, 5) is 23.4. The lowest BCUT2D eigenvalue weighted by atomic mass is 10.1. The Morgan fingerprint density at radius 1 is 1.29 bits per heavy atom. The molecule has 1 amide bonds. The van der Waals surface area contributed by atoms with Crippen LogP contribution in [-0.2, 0) is 14.3 Å². The van der Waals surface area contributed by atoms with E-state index in [1.54, 1.807) is 0 Å². The summed E-state index contributed by atoms with van der Waals surface area (Å²) < 4.78 is 58.3. The second kappa shape index (κ2) is 7.89. The molecule has 1 aromatic rings. The zero-order chi connectivity index (χ0) is 18.5. The van der Waals surface area contributed by atoms with Gasteiger partial charge in [-0.1, -0.05) is 11.6 Å². The quantitative estimate of drug-likeness (QED) is 0.339. The van der Waals surface area contributed by atoms with Gasteiger partial charge in [-0.15, -0.1) is 11.6 Å². The fourth-order valence-corrected chi connectivity index (χ4v) is 1.91. The first-order valence-electron chi connectivity index (χ1n) is 6.41. The highest BCUT2D eigenvalue weighted by molar-refractivity contribution is 6.31. The zero-order valence-electron chi connectivity index (χ0n) is 12.1. The summed E-state index contributed by atoms with van der Waals surface area (Å²) in [6.07, 6.45) is -5.30. The van der Waals surface area contributed by atoms with Crippen LogP contribution in [0.2, 0.25) is 5.02 Å². The molecule has 0 radical (unpaired) electrons. The van der Waals surface area contributed by atoms with Crippen molar-refractivity contribution in [1.29, 1.82) is 0 Å². The lowest BCUT2D eigenvalue weighted by molar-refractivity contribution is -0.207. The van der Waals surface area contributed by atoms with Crippen molar-refractivity contribution in [2.24, 2.45) is 0 Å². The van der Waals surface area contributed by atoms with E-state index in [1.165, 1.54) is 12.2 Å². The van der Waals surface area contributed by atoms with Crippen LogP contribution in [0.4, 0.5) is 23.2 Å². The Labute approximate surface area is 144 Å². The van der Waals surface area contributed by atoms with E-state index in [4.69, 9.17) is 23.2 Å². The predicted molar refractivity (Wildman–Crippen MR) is 79.3 cm³/mol. The second-order valence-electron chi connectivity index (χ2n) is 4.40. The van der Waals surface area contributed by atoms with Crippen LogP contribution in [0.15, 0.2) is 18.2 Å². The van der Waals surface area contributed by atoms with Crippen LogP contribution in [0.3, 0.4) is 0 Å². The van der Waals surface area contributed by atoms with Crippen molar-refractivity contribution >= 4 is 40.8 Å². The number of esters is 1. The molecule has 0 heterocycles. The monoisotopic (exact) mass is 390 g/mol. The molecule has 0 spiro atoms. The van der Waals surface area contributed by atoms with E-state index >= 15 is 0 Å². The van der Waals surface area contributed by atoms with Crippen LogP contribution in [0.25, 0.3) is 0 Å². The Kier molecular flexibility index (Phi) is 6.67. The number of amides is 1. The third-order valence-corrected chi connectivity index (χ3v) is 3.24. The maximum Gasteiger partial charge on any atom is 0.441 e. The number of alkyl halides is 4. The second-order valence-corrected chi connectivity index (χ2v) is 5.08. The molecular formula is C13H12Cl2F4N2O3. The molecule has 134 valence electrons. The Balaban J connectivity index is 3.39. The van der Waals surface area contributed by atoms with Crippen molar-refractivity contribution in [3.8, 4) is 0 Å². The number of carbonyl (C=O) groups excluding carboxylic acids is 2. The maximum atomic E-state index is 13.6. The van der Waals surface area contributed by atoms with Crippen LogP contribution >= 0.6 is 23.2 Å². The molecule has 11 heteroatoms. The van der Waals surface area contributed by atoms with Crippen LogP contribution in [0.1, 0.15) is 6.92 Å². The van der Waals surface area contributed by atoms with Gasteiger partial charge < -0.3 is 15.4 Å².